The van der Waals surface area contributed by atoms with Crippen molar-refractivity contribution in [1.29, 1.82) is 0 Å². The molecule has 20 heavy (non-hydrogen) atoms. The highest BCUT2D eigenvalue weighted by molar-refractivity contribution is 5.76. The van der Waals surface area contributed by atoms with Crippen LogP contribution in [-0.2, 0) is 6.54 Å². The zero-order valence-corrected chi connectivity index (χ0v) is 12.0. The van der Waals surface area contributed by atoms with Crippen molar-refractivity contribution >= 4 is 5.57 Å². The smallest absolute Gasteiger partial charge is 0.113 e. The van der Waals surface area contributed by atoms with Crippen LogP contribution in [0, 0.1) is 0 Å². The van der Waals surface area contributed by atoms with Gasteiger partial charge in [0.2, 0.25) is 0 Å². The standard InChI is InChI=1S/C17H19N3/c1-4-7-14(8-5-2)15-9-11-16(12-10-15)17-13-20(6-3)19-18-17/h4-5,7-13H,1,6H2,2-3H3/b8-5-,14-7+. The number of hydrogen-bond acceptors (Lipinski definition) is 2. The highest BCUT2D eigenvalue weighted by Crippen LogP contribution is 2.21. The molecule has 2 aromatic rings. The SMILES string of the molecule is C=C/C=C(\C=C/C)c1ccc(-c2cn(CC)nn2)cc1. The number of benzene rings is 1. The van der Waals surface area contributed by atoms with Gasteiger partial charge in [-0.2, -0.15) is 0 Å². The molecule has 0 radical (unpaired) electrons. The van der Waals surface area contributed by atoms with Crippen LogP contribution in [0.3, 0.4) is 0 Å². The minimum atomic E-state index is 0.832. The van der Waals surface area contributed by atoms with E-state index in [1.165, 1.54) is 0 Å². The first-order valence-corrected chi connectivity index (χ1v) is 6.74. The second kappa shape index (κ2) is 6.66. The van der Waals surface area contributed by atoms with Gasteiger partial charge in [-0.3, -0.25) is 4.68 Å². The summed E-state index contributed by atoms with van der Waals surface area (Å²) in [4.78, 5) is 0. The van der Waals surface area contributed by atoms with Gasteiger partial charge in [0.1, 0.15) is 5.69 Å². The van der Waals surface area contributed by atoms with E-state index in [1.807, 2.05) is 36.9 Å². The normalized spacial score (nSPS) is 12.0. The quantitative estimate of drug-likeness (QED) is 0.762. The first kappa shape index (κ1) is 14.0. The van der Waals surface area contributed by atoms with E-state index >= 15 is 0 Å². The van der Waals surface area contributed by atoms with E-state index in [0.29, 0.717) is 0 Å². The Balaban J connectivity index is 2.29. The number of allylic oxidation sites excluding steroid dienone is 5. The Morgan fingerprint density at radius 1 is 1.30 bits per heavy atom. The number of aryl methyl sites for hydroxylation is 1. The van der Waals surface area contributed by atoms with Crippen molar-refractivity contribution in [2.45, 2.75) is 20.4 Å². The van der Waals surface area contributed by atoms with Crippen LogP contribution in [0.1, 0.15) is 19.4 Å². The molecule has 0 unspecified atom stereocenters. The molecule has 0 aliphatic heterocycles. The second-order valence-corrected chi connectivity index (χ2v) is 4.39. The molecule has 0 saturated heterocycles. The zero-order chi connectivity index (χ0) is 14.4. The lowest BCUT2D eigenvalue weighted by Crippen LogP contribution is -1.93. The third-order valence-corrected chi connectivity index (χ3v) is 3.02. The van der Waals surface area contributed by atoms with Crippen LogP contribution in [0.5, 0.6) is 0 Å². The van der Waals surface area contributed by atoms with E-state index < -0.39 is 0 Å². The van der Waals surface area contributed by atoms with Crippen LogP contribution >= 0.6 is 0 Å². The summed E-state index contributed by atoms with van der Waals surface area (Å²) in [5.41, 5.74) is 4.28. The molecule has 0 bridgehead atoms. The summed E-state index contributed by atoms with van der Waals surface area (Å²) >= 11 is 0. The zero-order valence-electron chi connectivity index (χ0n) is 12.0. The molecule has 1 aromatic carbocycles. The largest absolute Gasteiger partial charge is 0.252 e. The highest BCUT2D eigenvalue weighted by atomic mass is 15.4. The van der Waals surface area contributed by atoms with Gasteiger partial charge in [0.05, 0.1) is 6.20 Å². The number of rotatable bonds is 5. The van der Waals surface area contributed by atoms with Crippen molar-refractivity contribution < 1.29 is 0 Å². The molecular weight excluding hydrogens is 246 g/mol. The van der Waals surface area contributed by atoms with Crippen LogP contribution in [0.4, 0.5) is 0 Å². The van der Waals surface area contributed by atoms with Crippen LogP contribution < -0.4 is 0 Å². The van der Waals surface area contributed by atoms with Crippen molar-refractivity contribution in [3.05, 3.63) is 66.9 Å². The Kier molecular flexibility index (Phi) is 4.66. The Hall–Kier alpha value is -2.42. The molecule has 0 fully saturated rings. The Labute approximate surface area is 119 Å². The third kappa shape index (κ3) is 3.12. The van der Waals surface area contributed by atoms with E-state index in [2.05, 4.69) is 47.2 Å². The average Bonchev–Trinajstić information content (AvgIpc) is 2.96. The van der Waals surface area contributed by atoms with Gasteiger partial charge in [0, 0.05) is 12.1 Å². The summed E-state index contributed by atoms with van der Waals surface area (Å²) in [6.07, 6.45) is 9.86. The molecule has 3 heteroatoms. The second-order valence-electron chi connectivity index (χ2n) is 4.39. The Bertz CT molecular complexity index is 631. The molecular formula is C17H19N3. The van der Waals surface area contributed by atoms with Crippen LogP contribution in [0.15, 0.2) is 61.3 Å². The van der Waals surface area contributed by atoms with Gasteiger partial charge in [-0.1, -0.05) is 60.4 Å². The average molecular weight is 265 g/mol. The third-order valence-electron chi connectivity index (χ3n) is 3.02. The molecule has 0 N–H and O–H groups in total. The highest BCUT2D eigenvalue weighted by Gasteiger charge is 2.04. The first-order chi connectivity index (χ1) is 9.78. The molecule has 3 nitrogen and oxygen atoms in total. The molecule has 0 atom stereocenters. The van der Waals surface area contributed by atoms with E-state index in [-0.39, 0.29) is 0 Å². The first-order valence-electron chi connectivity index (χ1n) is 6.74. The summed E-state index contributed by atoms with van der Waals surface area (Å²) in [5, 5.41) is 8.23. The molecule has 1 heterocycles. The van der Waals surface area contributed by atoms with Crippen molar-refractivity contribution in [3.8, 4) is 11.3 Å². The maximum absolute atomic E-state index is 4.17. The lowest BCUT2D eigenvalue weighted by molar-refractivity contribution is 0.627. The van der Waals surface area contributed by atoms with Gasteiger partial charge >= 0.3 is 0 Å². The fraction of sp³-hybridized carbons (Fsp3) is 0.176. The summed E-state index contributed by atoms with van der Waals surface area (Å²) in [6, 6.07) is 8.32. The predicted molar refractivity (Wildman–Crippen MR) is 84.1 cm³/mol. The molecule has 0 amide bonds. The summed E-state index contributed by atoms with van der Waals surface area (Å²) in [7, 11) is 0. The lowest BCUT2D eigenvalue weighted by Gasteiger charge is -2.03. The number of hydrogen-bond donors (Lipinski definition) is 0. The fourth-order valence-corrected chi connectivity index (χ4v) is 1.97. The van der Waals surface area contributed by atoms with Crippen LogP contribution in [0.25, 0.3) is 16.8 Å². The van der Waals surface area contributed by atoms with Crippen LogP contribution in [-0.4, -0.2) is 15.0 Å². The van der Waals surface area contributed by atoms with E-state index in [1.54, 1.807) is 6.08 Å². The van der Waals surface area contributed by atoms with E-state index in [9.17, 15) is 0 Å². The van der Waals surface area contributed by atoms with Gasteiger partial charge in [-0.25, -0.2) is 0 Å². The lowest BCUT2D eigenvalue weighted by atomic mass is 10.0. The maximum atomic E-state index is 4.17. The molecule has 0 saturated carbocycles. The van der Waals surface area contributed by atoms with Crippen LogP contribution in [0.2, 0.25) is 0 Å². The van der Waals surface area contributed by atoms with Crippen molar-refractivity contribution in [2.75, 3.05) is 0 Å². The minimum absolute atomic E-state index is 0.832. The summed E-state index contributed by atoms with van der Waals surface area (Å²) in [5.74, 6) is 0. The minimum Gasteiger partial charge on any atom is -0.252 e. The molecule has 1 aromatic heterocycles. The van der Waals surface area contributed by atoms with Gasteiger partial charge < -0.3 is 0 Å². The number of nitrogens with zero attached hydrogens (tertiary/aromatic N) is 3. The molecule has 102 valence electrons. The predicted octanol–water partition coefficient (Wildman–Crippen LogP) is 4.11. The van der Waals surface area contributed by atoms with Gasteiger partial charge in [-0.05, 0) is 25.0 Å². The van der Waals surface area contributed by atoms with E-state index in [0.717, 1.165) is 28.9 Å². The fourth-order valence-electron chi connectivity index (χ4n) is 1.97. The molecule has 2 rings (SSSR count). The Morgan fingerprint density at radius 3 is 2.60 bits per heavy atom. The van der Waals surface area contributed by atoms with Crippen molar-refractivity contribution in [2.24, 2.45) is 0 Å². The molecule has 0 spiro atoms. The van der Waals surface area contributed by atoms with Gasteiger partial charge in [0.15, 0.2) is 0 Å². The monoisotopic (exact) mass is 265 g/mol. The maximum Gasteiger partial charge on any atom is 0.113 e. The summed E-state index contributed by atoms with van der Waals surface area (Å²) in [6.45, 7) is 8.64. The topological polar surface area (TPSA) is 30.7 Å². The Morgan fingerprint density at radius 2 is 2.05 bits per heavy atom. The number of aromatic nitrogens is 3. The summed E-state index contributed by atoms with van der Waals surface area (Å²) < 4.78 is 1.83. The van der Waals surface area contributed by atoms with Gasteiger partial charge in [0.25, 0.3) is 0 Å². The van der Waals surface area contributed by atoms with E-state index in [4.69, 9.17) is 0 Å². The molecule has 0 aliphatic rings. The van der Waals surface area contributed by atoms with Gasteiger partial charge in [-0.15, -0.1) is 5.10 Å². The van der Waals surface area contributed by atoms with Crippen molar-refractivity contribution in [3.63, 3.8) is 0 Å². The molecule has 0 aliphatic carbocycles. The van der Waals surface area contributed by atoms with Crippen molar-refractivity contribution in [1.82, 2.24) is 15.0 Å².